The molecular weight excluding hydrogens is 488 g/mol. The summed E-state index contributed by atoms with van der Waals surface area (Å²) < 4.78 is 27.2. The van der Waals surface area contributed by atoms with Crippen molar-refractivity contribution >= 4 is 44.0 Å². The first-order chi connectivity index (χ1) is 17.6. The van der Waals surface area contributed by atoms with Gasteiger partial charge in [-0.3, -0.25) is 14.5 Å². The summed E-state index contributed by atoms with van der Waals surface area (Å²) in [4.78, 5) is 28.7. The Morgan fingerprint density at radius 1 is 1.11 bits per heavy atom. The van der Waals surface area contributed by atoms with E-state index in [1.807, 2.05) is 31.4 Å². The van der Waals surface area contributed by atoms with Gasteiger partial charge in [0.15, 0.2) is 5.82 Å². The minimum Gasteiger partial charge on any atom is -0.353 e. The Hall–Kier alpha value is -3.24. The van der Waals surface area contributed by atoms with E-state index in [1.54, 1.807) is 11.1 Å². The van der Waals surface area contributed by atoms with Crippen LogP contribution in [0.25, 0.3) is 22.0 Å². The van der Waals surface area contributed by atoms with E-state index in [1.165, 1.54) is 0 Å². The van der Waals surface area contributed by atoms with Gasteiger partial charge in [-0.05, 0) is 57.1 Å². The van der Waals surface area contributed by atoms with E-state index in [0.29, 0.717) is 17.5 Å². The van der Waals surface area contributed by atoms with Gasteiger partial charge in [-0.25, -0.2) is 13.4 Å². The molecule has 6 rings (SSSR count). The van der Waals surface area contributed by atoms with Crippen molar-refractivity contribution in [3.05, 3.63) is 42.2 Å². The Balaban J connectivity index is 1.45. The number of nitrogens with one attached hydrogen (secondary N) is 1. The van der Waals surface area contributed by atoms with Crippen LogP contribution in [0.15, 0.2) is 36.7 Å². The molecule has 4 heterocycles. The lowest BCUT2D eigenvalue weighted by atomic mass is 9.64. The third-order valence-electron chi connectivity index (χ3n) is 8.30. The Kier molecular flexibility index (Phi) is 5.47. The number of benzene rings is 1. The molecule has 1 N–H and O–H groups in total. The van der Waals surface area contributed by atoms with Crippen LogP contribution in [0.2, 0.25) is 0 Å². The second-order valence-corrected chi connectivity index (χ2v) is 12.6. The second-order valence-electron chi connectivity index (χ2n) is 10.9. The predicted octanol–water partition coefficient (Wildman–Crippen LogP) is 3.21. The highest BCUT2D eigenvalue weighted by molar-refractivity contribution is 7.92. The van der Waals surface area contributed by atoms with E-state index in [2.05, 4.69) is 39.7 Å². The standard InChI is InChI=1S/C27H32N6O3S/c1-31(2)19-8-11-33(16-19)25-22(30-37(4,35)36)13-18(14-29-25)17-6-7-21-20(12-17)24-23(15-28-21)32(3)26(34)27(24)9-5-10-27/h6-7,12-15,19,30H,5,8-11,16H2,1-4H3. The summed E-state index contributed by atoms with van der Waals surface area (Å²) in [5, 5.41) is 0.975. The van der Waals surface area contributed by atoms with Gasteiger partial charge in [0.05, 0.1) is 34.8 Å². The van der Waals surface area contributed by atoms with E-state index >= 15 is 0 Å². The van der Waals surface area contributed by atoms with Gasteiger partial charge in [0.2, 0.25) is 15.9 Å². The summed E-state index contributed by atoms with van der Waals surface area (Å²) in [6, 6.07) is 8.28. The van der Waals surface area contributed by atoms with Crippen LogP contribution in [-0.4, -0.2) is 75.7 Å². The van der Waals surface area contributed by atoms with Crippen LogP contribution in [0.4, 0.5) is 17.2 Å². The van der Waals surface area contributed by atoms with Crippen molar-refractivity contribution in [2.75, 3.05) is 55.0 Å². The van der Waals surface area contributed by atoms with Crippen LogP contribution in [0.5, 0.6) is 0 Å². The average Bonchev–Trinajstić information content (AvgIpc) is 3.40. The van der Waals surface area contributed by atoms with Crippen LogP contribution in [-0.2, 0) is 20.2 Å². The van der Waals surface area contributed by atoms with Crippen molar-refractivity contribution in [3.63, 3.8) is 0 Å². The molecule has 10 heteroatoms. The van der Waals surface area contributed by atoms with E-state index < -0.39 is 15.4 Å². The van der Waals surface area contributed by atoms with Crippen LogP contribution < -0.4 is 14.5 Å². The largest absolute Gasteiger partial charge is 0.353 e. The molecule has 1 unspecified atom stereocenters. The number of likely N-dealkylation sites (N-methyl/N-ethyl adjacent to an activating group) is 2. The first kappa shape index (κ1) is 24.1. The first-order valence-electron chi connectivity index (χ1n) is 12.7. The molecule has 2 aromatic heterocycles. The minimum absolute atomic E-state index is 0.153. The van der Waals surface area contributed by atoms with Gasteiger partial charge in [-0.15, -0.1) is 0 Å². The number of carbonyl (C=O) groups is 1. The maximum absolute atomic E-state index is 13.2. The van der Waals surface area contributed by atoms with Gasteiger partial charge in [0.25, 0.3) is 0 Å². The number of amides is 1. The van der Waals surface area contributed by atoms with E-state index in [9.17, 15) is 13.2 Å². The molecule has 3 aliphatic rings. The minimum atomic E-state index is -3.50. The number of hydrogen-bond donors (Lipinski definition) is 1. The van der Waals surface area contributed by atoms with E-state index in [4.69, 9.17) is 4.98 Å². The number of hydrogen-bond acceptors (Lipinski definition) is 7. The first-order valence-corrected chi connectivity index (χ1v) is 14.6. The number of sulfonamides is 1. The number of pyridine rings is 2. The molecule has 37 heavy (non-hydrogen) atoms. The summed E-state index contributed by atoms with van der Waals surface area (Å²) in [6.07, 6.45) is 8.52. The zero-order valence-electron chi connectivity index (χ0n) is 21.7. The lowest BCUT2D eigenvalue weighted by Crippen LogP contribution is -2.43. The molecule has 1 amide bonds. The third kappa shape index (κ3) is 3.85. The molecule has 0 radical (unpaired) electrons. The topological polar surface area (TPSA) is 98.7 Å². The maximum atomic E-state index is 13.2. The Morgan fingerprint density at radius 2 is 1.89 bits per heavy atom. The van der Waals surface area contributed by atoms with Crippen LogP contribution in [0.3, 0.4) is 0 Å². The van der Waals surface area contributed by atoms with Gasteiger partial charge < -0.3 is 14.7 Å². The summed E-state index contributed by atoms with van der Waals surface area (Å²) in [5.41, 5.74) is 4.54. The number of anilines is 3. The van der Waals surface area contributed by atoms with Gasteiger partial charge in [0.1, 0.15) is 0 Å². The Bertz CT molecular complexity index is 1530. The second kappa shape index (κ2) is 8.39. The molecule has 1 saturated carbocycles. The van der Waals surface area contributed by atoms with Crippen molar-refractivity contribution in [1.82, 2.24) is 14.9 Å². The molecule has 1 aromatic carbocycles. The van der Waals surface area contributed by atoms with Crippen LogP contribution in [0, 0.1) is 0 Å². The maximum Gasteiger partial charge on any atom is 0.237 e. The molecule has 1 atom stereocenters. The monoisotopic (exact) mass is 520 g/mol. The lowest BCUT2D eigenvalue weighted by Gasteiger charge is -2.37. The summed E-state index contributed by atoms with van der Waals surface area (Å²) >= 11 is 0. The van der Waals surface area contributed by atoms with Crippen molar-refractivity contribution in [3.8, 4) is 11.1 Å². The lowest BCUT2D eigenvalue weighted by molar-refractivity contribution is -0.125. The fourth-order valence-corrected chi connectivity index (χ4v) is 6.70. The average molecular weight is 521 g/mol. The molecule has 194 valence electrons. The molecule has 2 fully saturated rings. The highest BCUT2D eigenvalue weighted by Crippen LogP contribution is 2.55. The molecule has 0 bridgehead atoms. The Labute approximate surface area is 217 Å². The van der Waals surface area contributed by atoms with E-state index in [-0.39, 0.29) is 5.91 Å². The molecule has 1 spiro atoms. The zero-order valence-corrected chi connectivity index (χ0v) is 22.5. The fraction of sp³-hybridized carbons (Fsp3) is 0.444. The van der Waals surface area contributed by atoms with Crippen LogP contribution >= 0.6 is 0 Å². The zero-order chi connectivity index (χ0) is 26.1. The molecule has 2 aliphatic heterocycles. The smallest absolute Gasteiger partial charge is 0.237 e. The van der Waals surface area contributed by atoms with Gasteiger partial charge in [-0.2, -0.15) is 0 Å². The van der Waals surface area contributed by atoms with Crippen molar-refractivity contribution in [2.24, 2.45) is 0 Å². The summed E-state index contributed by atoms with van der Waals surface area (Å²) in [7, 11) is 2.45. The number of fused-ring (bicyclic) bond motifs is 4. The van der Waals surface area contributed by atoms with Gasteiger partial charge in [-0.1, -0.05) is 12.5 Å². The number of nitrogens with zero attached hydrogens (tertiary/aromatic N) is 5. The molecule has 1 saturated heterocycles. The number of carbonyl (C=O) groups excluding carboxylic acids is 1. The van der Waals surface area contributed by atoms with Crippen molar-refractivity contribution in [1.29, 1.82) is 0 Å². The summed E-state index contributed by atoms with van der Waals surface area (Å²) in [5.74, 6) is 0.795. The molecular formula is C27H32N6O3S. The Morgan fingerprint density at radius 3 is 2.54 bits per heavy atom. The predicted molar refractivity (Wildman–Crippen MR) is 147 cm³/mol. The quantitative estimate of drug-likeness (QED) is 0.552. The van der Waals surface area contributed by atoms with Crippen molar-refractivity contribution in [2.45, 2.75) is 37.1 Å². The van der Waals surface area contributed by atoms with Crippen LogP contribution in [0.1, 0.15) is 31.2 Å². The van der Waals surface area contributed by atoms with Gasteiger partial charge >= 0.3 is 0 Å². The third-order valence-corrected chi connectivity index (χ3v) is 8.89. The molecule has 1 aliphatic carbocycles. The van der Waals surface area contributed by atoms with Gasteiger partial charge in [0, 0.05) is 48.9 Å². The van der Waals surface area contributed by atoms with E-state index in [0.717, 1.165) is 78.3 Å². The fourth-order valence-electron chi connectivity index (χ4n) is 6.15. The highest BCUT2D eigenvalue weighted by atomic mass is 32.2. The highest BCUT2D eigenvalue weighted by Gasteiger charge is 2.54. The van der Waals surface area contributed by atoms with Crippen molar-refractivity contribution < 1.29 is 13.2 Å². The molecule has 9 nitrogen and oxygen atoms in total. The normalized spacial score (nSPS) is 20.7. The SMILES string of the molecule is CN1C(=O)C2(CCC2)c2c1cnc1ccc(-c3cnc(N4CCC(N(C)C)C4)c(NS(C)(=O)=O)c3)cc21. The summed E-state index contributed by atoms with van der Waals surface area (Å²) in [6.45, 7) is 1.60. The number of aromatic nitrogens is 2. The number of rotatable bonds is 5. The molecule has 3 aromatic rings.